The molecule has 0 spiro atoms. The summed E-state index contributed by atoms with van der Waals surface area (Å²) in [4.78, 5) is 8.36. The van der Waals surface area contributed by atoms with E-state index in [0.717, 1.165) is 41.2 Å². The van der Waals surface area contributed by atoms with Crippen LogP contribution in [0.4, 0.5) is 18.9 Å². The number of sulfonamides is 1. The van der Waals surface area contributed by atoms with E-state index in [0.29, 0.717) is 11.6 Å². The summed E-state index contributed by atoms with van der Waals surface area (Å²) in [6.45, 7) is 5.83. The number of aryl methyl sites for hydroxylation is 1. The van der Waals surface area contributed by atoms with E-state index >= 15 is 0 Å². The van der Waals surface area contributed by atoms with Gasteiger partial charge in [-0.05, 0) is 68.3 Å². The fourth-order valence-corrected chi connectivity index (χ4v) is 4.58. The Hall–Kier alpha value is -3.93. The van der Waals surface area contributed by atoms with Crippen LogP contribution in [-0.2, 0) is 22.0 Å². The highest BCUT2D eigenvalue weighted by atomic mass is 32.2. The molecule has 0 amide bonds. The molecule has 0 fully saturated rings. The zero-order chi connectivity index (χ0) is 26.1. The second-order valence-electron chi connectivity index (χ2n) is 8.10. The van der Waals surface area contributed by atoms with Crippen LogP contribution in [-0.4, -0.2) is 28.2 Å². The summed E-state index contributed by atoms with van der Waals surface area (Å²) < 4.78 is 72.9. The molecule has 12 heteroatoms. The number of nitrogens with one attached hydrogen (secondary N) is 1. The van der Waals surface area contributed by atoms with E-state index in [1.807, 2.05) is 20.8 Å². The number of benzene rings is 2. The lowest BCUT2D eigenvalue weighted by Gasteiger charge is -2.11. The van der Waals surface area contributed by atoms with Crippen molar-refractivity contribution in [2.75, 3.05) is 4.72 Å². The molecule has 4 aromatic rings. The van der Waals surface area contributed by atoms with Gasteiger partial charge in [0.2, 0.25) is 15.9 Å². The Kier molecular flexibility index (Phi) is 6.72. The van der Waals surface area contributed by atoms with Crippen LogP contribution in [0.2, 0.25) is 0 Å². The van der Waals surface area contributed by atoms with Crippen molar-refractivity contribution >= 4 is 15.7 Å². The molecule has 0 radical (unpaired) electrons. The third-order valence-corrected chi connectivity index (χ3v) is 6.75. The van der Waals surface area contributed by atoms with Gasteiger partial charge >= 0.3 is 6.18 Å². The molecular formula is C24H22F3N5O3S. The molecule has 2 aromatic carbocycles. The lowest BCUT2D eigenvalue weighted by atomic mass is 10.1. The minimum absolute atomic E-state index is 0.229. The monoisotopic (exact) mass is 517 g/mol. The summed E-state index contributed by atoms with van der Waals surface area (Å²) in [5.74, 6) is 0.760. The van der Waals surface area contributed by atoms with E-state index in [9.17, 15) is 21.6 Å². The molecule has 1 N–H and O–H groups in total. The number of anilines is 1. The minimum atomic E-state index is -4.48. The van der Waals surface area contributed by atoms with Crippen molar-refractivity contribution in [2.45, 2.75) is 32.7 Å². The summed E-state index contributed by atoms with van der Waals surface area (Å²) in [6, 6.07) is 11.8. The largest absolute Gasteiger partial charge is 0.439 e. The standard InChI is InChI=1S/C24H22F3N5O3S/c1-15-16(2)30-32(17(15)3)22-12-23(29-14-28-22)35-21-10-8-20(9-11-21)31-36(33,34)13-18-4-6-19(7-5-18)24(25,26)27/h4-12,14,31H,13H2,1-3H3. The van der Waals surface area contributed by atoms with Crippen molar-refractivity contribution in [3.05, 3.63) is 89.0 Å². The molecule has 0 saturated heterocycles. The van der Waals surface area contributed by atoms with Gasteiger partial charge in [-0.3, -0.25) is 4.72 Å². The molecule has 2 heterocycles. The Morgan fingerprint density at radius 1 is 0.972 bits per heavy atom. The summed E-state index contributed by atoms with van der Waals surface area (Å²) in [6.07, 6.45) is -3.12. The maximum Gasteiger partial charge on any atom is 0.416 e. The molecule has 8 nitrogen and oxygen atoms in total. The molecule has 0 aliphatic carbocycles. The normalized spacial score (nSPS) is 11.9. The van der Waals surface area contributed by atoms with E-state index in [4.69, 9.17) is 4.74 Å². The van der Waals surface area contributed by atoms with Crippen molar-refractivity contribution in [2.24, 2.45) is 0 Å². The number of hydrogen-bond acceptors (Lipinski definition) is 6. The second-order valence-corrected chi connectivity index (χ2v) is 9.83. The Morgan fingerprint density at radius 3 is 2.22 bits per heavy atom. The molecule has 188 valence electrons. The lowest BCUT2D eigenvalue weighted by molar-refractivity contribution is -0.137. The first-order valence-corrected chi connectivity index (χ1v) is 12.4. The smallest absolute Gasteiger partial charge is 0.416 e. The van der Waals surface area contributed by atoms with Crippen LogP contribution in [0.3, 0.4) is 0 Å². The van der Waals surface area contributed by atoms with Gasteiger partial charge < -0.3 is 4.74 Å². The molecule has 0 saturated carbocycles. The number of halogens is 3. The van der Waals surface area contributed by atoms with Gasteiger partial charge in [-0.15, -0.1) is 0 Å². The first kappa shape index (κ1) is 25.2. The number of ether oxygens (including phenoxy) is 1. The van der Waals surface area contributed by atoms with E-state index in [-0.39, 0.29) is 17.1 Å². The maximum absolute atomic E-state index is 12.7. The summed E-state index contributed by atoms with van der Waals surface area (Å²) >= 11 is 0. The highest BCUT2D eigenvalue weighted by Crippen LogP contribution is 2.29. The van der Waals surface area contributed by atoms with Crippen molar-refractivity contribution in [3.8, 4) is 17.4 Å². The van der Waals surface area contributed by atoms with E-state index in [1.165, 1.54) is 18.5 Å². The van der Waals surface area contributed by atoms with Gasteiger partial charge in [0.05, 0.1) is 17.0 Å². The number of hydrogen-bond donors (Lipinski definition) is 1. The van der Waals surface area contributed by atoms with E-state index < -0.39 is 27.5 Å². The quantitative estimate of drug-likeness (QED) is 0.355. The third kappa shape index (κ3) is 5.82. The zero-order valence-electron chi connectivity index (χ0n) is 19.5. The maximum atomic E-state index is 12.7. The van der Waals surface area contributed by atoms with Crippen molar-refractivity contribution in [3.63, 3.8) is 0 Å². The Bertz CT molecular complexity index is 1480. The van der Waals surface area contributed by atoms with Crippen LogP contribution >= 0.6 is 0 Å². The van der Waals surface area contributed by atoms with Crippen LogP contribution in [0.1, 0.15) is 28.1 Å². The fourth-order valence-electron chi connectivity index (χ4n) is 3.38. The average Bonchev–Trinajstić information content (AvgIpc) is 3.07. The second kappa shape index (κ2) is 9.61. The summed E-state index contributed by atoms with van der Waals surface area (Å²) in [7, 11) is -3.85. The number of aromatic nitrogens is 4. The first-order chi connectivity index (χ1) is 16.9. The Balaban J connectivity index is 1.42. The van der Waals surface area contributed by atoms with Crippen molar-refractivity contribution < 1.29 is 26.3 Å². The van der Waals surface area contributed by atoms with Gasteiger partial charge in [-0.2, -0.15) is 18.3 Å². The molecule has 0 bridgehead atoms. The zero-order valence-corrected chi connectivity index (χ0v) is 20.4. The molecule has 0 atom stereocenters. The molecule has 0 aliphatic heterocycles. The molecule has 4 rings (SSSR count). The third-order valence-electron chi connectivity index (χ3n) is 5.49. The van der Waals surface area contributed by atoms with Gasteiger partial charge in [0, 0.05) is 17.4 Å². The fraction of sp³-hybridized carbons (Fsp3) is 0.208. The number of rotatable bonds is 7. The number of nitrogens with zero attached hydrogens (tertiary/aromatic N) is 4. The summed E-state index contributed by atoms with van der Waals surface area (Å²) in [5, 5.41) is 4.47. The molecular weight excluding hydrogens is 495 g/mol. The van der Waals surface area contributed by atoms with Gasteiger partial charge in [0.1, 0.15) is 12.1 Å². The predicted octanol–water partition coefficient (Wildman–Crippen LogP) is 5.34. The predicted molar refractivity (Wildman–Crippen MR) is 128 cm³/mol. The average molecular weight is 518 g/mol. The highest BCUT2D eigenvalue weighted by molar-refractivity contribution is 7.91. The van der Waals surface area contributed by atoms with Gasteiger partial charge in [0.25, 0.3) is 0 Å². The van der Waals surface area contributed by atoms with Crippen molar-refractivity contribution in [1.82, 2.24) is 19.7 Å². The van der Waals surface area contributed by atoms with Crippen LogP contribution in [0.25, 0.3) is 5.82 Å². The first-order valence-electron chi connectivity index (χ1n) is 10.7. The molecule has 0 aliphatic rings. The molecule has 36 heavy (non-hydrogen) atoms. The van der Waals surface area contributed by atoms with E-state index in [2.05, 4.69) is 19.8 Å². The van der Waals surface area contributed by atoms with E-state index in [1.54, 1.807) is 22.9 Å². The van der Waals surface area contributed by atoms with Crippen LogP contribution < -0.4 is 9.46 Å². The van der Waals surface area contributed by atoms with Gasteiger partial charge in [-0.25, -0.2) is 23.1 Å². The topological polar surface area (TPSA) is 99.0 Å². The number of alkyl halides is 3. The molecule has 0 unspecified atom stereocenters. The lowest BCUT2D eigenvalue weighted by Crippen LogP contribution is -2.15. The Morgan fingerprint density at radius 2 is 1.64 bits per heavy atom. The SMILES string of the molecule is Cc1nn(-c2cc(Oc3ccc(NS(=O)(=O)Cc4ccc(C(F)(F)F)cc4)cc3)ncn2)c(C)c1C. The van der Waals surface area contributed by atoms with Crippen LogP contribution in [0.15, 0.2) is 60.9 Å². The van der Waals surface area contributed by atoms with Crippen LogP contribution in [0.5, 0.6) is 11.6 Å². The Labute approximate surface area is 205 Å². The summed E-state index contributed by atoms with van der Waals surface area (Å²) in [5.41, 5.74) is 2.57. The van der Waals surface area contributed by atoms with Crippen molar-refractivity contribution in [1.29, 1.82) is 0 Å². The highest BCUT2D eigenvalue weighted by Gasteiger charge is 2.30. The molecule has 2 aromatic heterocycles. The van der Waals surface area contributed by atoms with Crippen LogP contribution in [0, 0.1) is 20.8 Å². The minimum Gasteiger partial charge on any atom is -0.439 e. The van der Waals surface area contributed by atoms with Gasteiger partial charge in [0.15, 0.2) is 5.82 Å². The van der Waals surface area contributed by atoms with Gasteiger partial charge in [-0.1, -0.05) is 12.1 Å².